The summed E-state index contributed by atoms with van der Waals surface area (Å²) in [6.45, 7) is 0.525. The van der Waals surface area contributed by atoms with E-state index in [1.165, 1.54) is 6.08 Å². The summed E-state index contributed by atoms with van der Waals surface area (Å²) < 4.78 is 15.8. The van der Waals surface area contributed by atoms with Crippen LogP contribution in [-0.2, 0) is 9.53 Å². The highest BCUT2D eigenvalue weighted by Gasteiger charge is 2.00. The van der Waals surface area contributed by atoms with Gasteiger partial charge in [0.05, 0.1) is 7.11 Å². The van der Waals surface area contributed by atoms with Crippen LogP contribution in [0.25, 0.3) is 16.8 Å². The minimum atomic E-state index is -0.392. The second-order valence-electron chi connectivity index (χ2n) is 5.63. The van der Waals surface area contributed by atoms with Crippen molar-refractivity contribution in [2.45, 2.75) is 0 Å². The fraction of sp³-hybridized carbons (Fsp3) is 0.136. The van der Waals surface area contributed by atoms with Gasteiger partial charge in [0.15, 0.2) is 0 Å². The van der Waals surface area contributed by atoms with E-state index in [0.717, 1.165) is 27.8 Å². The van der Waals surface area contributed by atoms with Crippen molar-refractivity contribution in [3.63, 3.8) is 0 Å². The van der Waals surface area contributed by atoms with E-state index in [2.05, 4.69) is 0 Å². The Labute approximate surface area is 152 Å². The van der Waals surface area contributed by atoms with Crippen molar-refractivity contribution < 1.29 is 19.0 Å². The summed E-state index contributed by atoms with van der Waals surface area (Å²) in [7, 11) is 1.65. The Kier molecular flexibility index (Phi) is 5.88. The Morgan fingerprint density at radius 3 is 2.46 bits per heavy atom. The smallest absolute Gasteiger partial charge is 0.330 e. The molecule has 3 aromatic carbocycles. The minimum Gasteiger partial charge on any atom is -0.497 e. The Hall–Kier alpha value is -3.27. The van der Waals surface area contributed by atoms with Crippen molar-refractivity contribution >= 4 is 22.8 Å². The SMILES string of the molecule is COc1ccc2cc(/C=C/C(=O)OCCOc3ccccc3)ccc2c1. The van der Waals surface area contributed by atoms with Crippen molar-refractivity contribution in [3.05, 3.63) is 78.4 Å². The maximum absolute atomic E-state index is 11.8. The number of carbonyl (C=O) groups excluding carboxylic acids is 1. The number of hydrogen-bond acceptors (Lipinski definition) is 4. The van der Waals surface area contributed by atoms with Gasteiger partial charge in [-0.3, -0.25) is 0 Å². The van der Waals surface area contributed by atoms with Gasteiger partial charge in [-0.25, -0.2) is 4.79 Å². The first-order chi connectivity index (χ1) is 12.7. The maximum Gasteiger partial charge on any atom is 0.330 e. The molecule has 26 heavy (non-hydrogen) atoms. The van der Waals surface area contributed by atoms with Crippen LogP contribution in [0.15, 0.2) is 72.8 Å². The lowest BCUT2D eigenvalue weighted by molar-refractivity contribution is -0.138. The molecule has 0 heterocycles. The average Bonchev–Trinajstić information content (AvgIpc) is 2.70. The van der Waals surface area contributed by atoms with E-state index in [4.69, 9.17) is 14.2 Å². The second kappa shape index (κ2) is 8.72. The zero-order valence-electron chi connectivity index (χ0n) is 14.6. The van der Waals surface area contributed by atoms with E-state index in [1.54, 1.807) is 13.2 Å². The lowest BCUT2D eigenvalue weighted by Gasteiger charge is -2.06. The lowest BCUT2D eigenvalue weighted by Crippen LogP contribution is -2.10. The number of esters is 1. The predicted octanol–water partition coefficient (Wildman–Crippen LogP) is 4.48. The van der Waals surface area contributed by atoms with Crippen LogP contribution in [0, 0.1) is 0 Å². The fourth-order valence-electron chi connectivity index (χ4n) is 2.50. The Balaban J connectivity index is 1.50. The van der Waals surface area contributed by atoms with Gasteiger partial charge in [0.25, 0.3) is 0 Å². The van der Waals surface area contributed by atoms with Crippen molar-refractivity contribution in [3.8, 4) is 11.5 Å². The molecule has 0 spiro atoms. The molecule has 0 saturated heterocycles. The molecule has 0 aliphatic carbocycles. The molecule has 0 radical (unpaired) electrons. The minimum absolute atomic E-state index is 0.204. The van der Waals surface area contributed by atoms with Crippen molar-refractivity contribution in [1.82, 2.24) is 0 Å². The van der Waals surface area contributed by atoms with E-state index in [9.17, 15) is 4.79 Å². The summed E-state index contributed by atoms with van der Waals surface area (Å²) in [6, 6.07) is 21.3. The van der Waals surface area contributed by atoms with E-state index < -0.39 is 5.97 Å². The van der Waals surface area contributed by atoms with Gasteiger partial charge in [0.1, 0.15) is 24.7 Å². The summed E-state index contributed by atoms with van der Waals surface area (Å²) in [5.41, 5.74) is 0.931. The van der Waals surface area contributed by atoms with Crippen LogP contribution >= 0.6 is 0 Å². The van der Waals surface area contributed by atoms with Gasteiger partial charge in [0, 0.05) is 6.08 Å². The molecule has 132 valence electrons. The molecule has 0 fully saturated rings. The van der Waals surface area contributed by atoms with Crippen LogP contribution in [0.2, 0.25) is 0 Å². The van der Waals surface area contributed by atoms with Gasteiger partial charge < -0.3 is 14.2 Å². The molecular weight excluding hydrogens is 328 g/mol. The van der Waals surface area contributed by atoms with Gasteiger partial charge in [0.2, 0.25) is 0 Å². The normalized spacial score (nSPS) is 10.8. The van der Waals surface area contributed by atoms with Gasteiger partial charge in [-0.1, -0.05) is 36.4 Å². The third-order valence-corrected chi connectivity index (χ3v) is 3.82. The van der Waals surface area contributed by atoms with Crippen LogP contribution in [0.1, 0.15) is 5.56 Å². The Bertz CT molecular complexity index is 900. The van der Waals surface area contributed by atoms with Crippen LogP contribution < -0.4 is 9.47 Å². The highest BCUT2D eigenvalue weighted by Crippen LogP contribution is 2.22. The highest BCUT2D eigenvalue weighted by molar-refractivity contribution is 5.90. The molecule has 0 aliphatic rings. The van der Waals surface area contributed by atoms with Crippen LogP contribution in [0.5, 0.6) is 11.5 Å². The number of para-hydroxylation sites is 1. The summed E-state index contributed by atoms with van der Waals surface area (Å²) >= 11 is 0. The van der Waals surface area contributed by atoms with Crippen LogP contribution in [0.4, 0.5) is 0 Å². The summed E-state index contributed by atoms with van der Waals surface area (Å²) in [4.78, 5) is 11.8. The second-order valence-corrected chi connectivity index (χ2v) is 5.63. The van der Waals surface area contributed by atoms with E-state index in [1.807, 2.05) is 66.7 Å². The number of ether oxygens (including phenoxy) is 3. The number of hydrogen-bond donors (Lipinski definition) is 0. The Morgan fingerprint density at radius 2 is 1.65 bits per heavy atom. The number of rotatable bonds is 7. The molecule has 4 heteroatoms. The summed E-state index contributed by atoms with van der Waals surface area (Å²) in [5.74, 6) is 1.19. The van der Waals surface area contributed by atoms with E-state index >= 15 is 0 Å². The number of carbonyl (C=O) groups is 1. The van der Waals surface area contributed by atoms with Gasteiger partial charge in [-0.2, -0.15) is 0 Å². The first kappa shape index (κ1) is 17.5. The third kappa shape index (κ3) is 4.86. The zero-order chi connectivity index (χ0) is 18.2. The lowest BCUT2D eigenvalue weighted by atomic mass is 10.1. The first-order valence-electron chi connectivity index (χ1n) is 8.35. The molecule has 4 nitrogen and oxygen atoms in total. The molecule has 0 bridgehead atoms. The molecule has 0 saturated carbocycles. The molecule has 3 rings (SSSR count). The number of fused-ring (bicyclic) bond motifs is 1. The number of benzene rings is 3. The standard InChI is InChI=1S/C22H20O4/c1-24-21-11-10-18-15-17(7-9-19(18)16-21)8-12-22(23)26-14-13-25-20-5-3-2-4-6-20/h2-12,15-16H,13-14H2,1H3/b12-8+. The van der Waals surface area contributed by atoms with Crippen molar-refractivity contribution in [1.29, 1.82) is 0 Å². The molecule has 0 amide bonds. The zero-order valence-corrected chi connectivity index (χ0v) is 14.6. The van der Waals surface area contributed by atoms with Gasteiger partial charge >= 0.3 is 5.97 Å². The molecule has 0 unspecified atom stereocenters. The van der Waals surface area contributed by atoms with Crippen molar-refractivity contribution in [2.75, 3.05) is 20.3 Å². The highest BCUT2D eigenvalue weighted by atomic mass is 16.6. The van der Waals surface area contributed by atoms with Crippen molar-refractivity contribution in [2.24, 2.45) is 0 Å². The fourth-order valence-corrected chi connectivity index (χ4v) is 2.50. The molecule has 0 aliphatic heterocycles. The van der Waals surface area contributed by atoms with E-state index in [0.29, 0.717) is 6.61 Å². The Morgan fingerprint density at radius 1 is 0.885 bits per heavy atom. The molecule has 0 atom stereocenters. The van der Waals surface area contributed by atoms with E-state index in [-0.39, 0.29) is 6.61 Å². The molecule has 3 aromatic rings. The van der Waals surface area contributed by atoms with Crippen LogP contribution in [-0.4, -0.2) is 26.3 Å². The predicted molar refractivity (Wildman–Crippen MR) is 102 cm³/mol. The quantitative estimate of drug-likeness (QED) is 0.359. The third-order valence-electron chi connectivity index (χ3n) is 3.82. The number of methoxy groups -OCH3 is 1. The molecule has 0 aromatic heterocycles. The topological polar surface area (TPSA) is 44.8 Å². The molecular formula is C22H20O4. The summed E-state index contributed by atoms with van der Waals surface area (Å²) in [6.07, 6.45) is 3.16. The maximum atomic E-state index is 11.8. The summed E-state index contributed by atoms with van der Waals surface area (Å²) in [5, 5.41) is 2.17. The largest absolute Gasteiger partial charge is 0.497 e. The van der Waals surface area contributed by atoms with Gasteiger partial charge in [-0.05, 0) is 52.7 Å². The monoisotopic (exact) mass is 348 g/mol. The molecule has 0 N–H and O–H groups in total. The first-order valence-corrected chi connectivity index (χ1v) is 8.35. The van der Waals surface area contributed by atoms with Gasteiger partial charge in [-0.15, -0.1) is 0 Å². The average molecular weight is 348 g/mol. The van der Waals surface area contributed by atoms with Crippen LogP contribution in [0.3, 0.4) is 0 Å².